The summed E-state index contributed by atoms with van der Waals surface area (Å²) in [6.45, 7) is 8.50. The molecule has 0 saturated carbocycles. The van der Waals surface area contributed by atoms with Gasteiger partial charge in [-0.05, 0) is 49.6 Å². The van der Waals surface area contributed by atoms with Crippen molar-refractivity contribution in [1.82, 2.24) is 9.21 Å². The predicted molar refractivity (Wildman–Crippen MR) is 118 cm³/mol. The molecule has 2 aromatic rings. The smallest absolute Gasteiger partial charge is 0.280 e. The second kappa shape index (κ2) is 9.29. The first kappa shape index (κ1) is 22.5. The Kier molecular flexibility index (Phi) is 6.95. The van der Waals surface area contributed by atoms with Crippen molar-refractivity contribution in [2.45, 2.75) is 38.3 Å². The van der Waals surface area contributed by atoms with Crippen LogP contribution in [0.4, 0.5) is 0 Å². The van der Waals surface area contributed by atoms with Crippen molar-refractivity contribution in [2.24, 2.45) is 0 Å². The van der Waals surface area contributed by atoms with E-state index in [0.717, 1.165) is 21.6 Å². The number of carbonyl (C=O) groups excluding carboxylic acids is 1. The van der Waals surface area contributed by atoms with Crippen LogP contribution in [0.5, 0.6) is 0 Å². The van der Waals surface area contributed by atoms with E-state index in [0.29, 0.717) is 37.6 Å². The minimum absolute atomic E-state index is 0.0827. The van der Waals surface area contributed by atoms with Crippen LogP contribution in [0, 0.1) is 13.8 Å². The van der Waals surface area contributed by atoms with Crippen molar-refractivity contribution in [2.75, 3.05) is 33.2 Å². The SMILES string of the molecule is Cc1ccc(S(=O)(=O)N2CC[NH+]([C@H](C)C(=O)N(C)Cc3ccccc3)CC2)cc1C. The Morgan fingerprint density at radius 2 is 1.70 bits per heavy atom. The standard InChI is InChI=1S/C23H31N3O3S/c1-18-10-11-22(16-19(18)2)30(28,29)26-14-12-25(13-15-26)20(3)23(27)24(4)17-21-8-6-5-7-9-21/h5-11,16,20H,12-15,17H2,1-4H3/p+1/t20-/m1/s1. The van der Waals surface area contributed by atoms with Crippen LogP contribution in [0.1, 0.15) is 23.6 Å². The summed E-state index contributed by atoms with van der Waals surface area (Å²) >= 11 is 0. The van der Waals surface area contributed by atoms with Gasteiger partial charge in [-0.3, -0.25) is 4.79 Å². The Bertz CT molecular complexity index is 984. The number of aryl methyl sites for hydroxylation is 2. The van der Waals surface area contributed by atoms with Crippen molar-refractivity contribution in [3.63, 3.8) is 0 Å². The second-order valence-electron chi connectivity index (χ2n) is 8.21. The van der Waals surface area contributed by atoms with E-state index in [4.69, 9.17) is 0 Å². The van der Waals surface area contributed by atoms with E-state index >= 15 is 0 Å². The molecule has 1 aliphatic heterocycles. The summed E-state index contributed by atoms with van der Waals surface area (Å²) in [5.41, 5.74) is 3.15. The van der Waals surface area contributed by atoms with Gasteiger partial charge < -0.3 is 9.80 Å². The van der Waals surface area contributed by atoms with Crippen LogP contribution >= 0.6 is 0 Å². The van der Waals surface area contributed by atoms with Gasteiger partial charge in [0, 0.05) is 13.6 Å². The minimum Gasteiger partial charge on any atom is -0.336 e. The molecule has 1 atom stereocenters. The first-order valence-electron chi connectivity index (χ1n) is 10.4. The second-order valence-corrected chi connectivity index (χ2v) is 10.1. The Labute approximate surface area is 180 Å². The Morgan fingerprint density at radius 3 is 2.30 bits per heavy atom. The molecule has 1 fully saturated rings. The molecule has 30 heavy (non-hydrogen) atoms. The van der Waals surface area contributed by atoms with Crippen LogP contribution in [0.15, 0.2) is 53.4 Å². The third-order valence-electron chi connectivity index (χ3n) is 6.10. The molecule has 7 heteroatoms. The molecule has 2 aromatic carbocycles. The molecule has 0 radical (unpaired) electrons. The minimum atomic E-state index is -3.50. The number of rotatable bonds is 6. The summed E-state index contributed by atoms with van der Waals surface area (Å²) in [5.74, 6) is 0.0827. The molecule has 0 spiro atoms. The zero-order valence-corrected chi connectivity index (χ0v) is 19.1. The van der Waals surface area contributed by atoms with E-state index in [2.05, 4.69) is 0 Å². The molecule has 0 aromatic heterocycles. The van der Waals surface area contributed by atoms with Crippen molar-refractivity contribution >= 4 is 15.9 Å². The van der Waals surface area contributed by atoms with Gasteiger partial charge in [-0.15, -0.1) is 0 Å². The molecule has 162 valence electrons. The molecular formula is C23H32N3O3S+. The fraction of sp³-hybridized carbons (Fsp3) is 0.435. The van der Waals surface area contributed by atoms with E-state index in [1.54, 1.807) is 21.3 Å². The Morgan fingerprint density at radius 1 is 1.07 bits per heavy atom. The summed E-state index contributed by atoms with van der Waals surface area (Å²) in [7, 11) is -1.68. The largest absolute Gasteiger partial charge is 0.336 e. The molecule has 1 aliphatic rings. The van der Waals surface area contributed by atoms with E-state index in [9.17, 15) is 13.2 Å². The van der Waals surface area contributed by atoms with Crippen LogP contribution in [0.3, 0.4) is 0 Å². The highest BCUT2D eigenvalue weighted by molar-refractivity contribution is 7.89. The number of carbonyl (C=O) groups is 1. The number of nitrogens with one attached hydrogen (secondary N) is 1. The molecule has 3 rings (SSSR count). The van der Waals surface area contributed by atoms with Gasteiger partial charge in [0.2, 0.25) is 10.0 Å². The first-order valence-corrected chi connectivity index (χ1v) is 11.8. The fourth-order valence-corrected chi connectivity index (χ4v) is 5.44. The van der Waals surface area contributed by atoms with Gasteiger partial charge in [0.25, 0.3) is 5.91 Å². The van der Waals surface area contributed by atoms with Crippen molar-refractivity contribution in [1.29, 1.82) is 0 Å². The maximum atomic E-state index is 13.0. The number of likely N-dealkylation sites (N-methyl/N-ethyl adjacent to an activating group) is 1. The lowest BCUT2D eigenvalue weighted by Crippen LogP contribution is -3.19. The topological polar surface area (TPSA) is 62.1 Å². The summed E-state index contributed by atoms with van der Waals surface area (Å²) < 4.78 is 27.6. The number of quaternary nitrogens is 1. The van der Waals surface area contributed by atoms with Crippen LogP contribution in [-0.2, 0) is 21.4 Å². The first-order chi connectivity index (χ1) is 14.2. The van der Waals surface area contributed by atoms with Gasteiger partial charge in [-0.1, -0.05) is 36.4 Å². The van der Waals surface area contributed by atoms with Crippen LogP contribution in [0.2, 0.25) is 0 Å². The molecule has 6 nitrogen and oxygen atoms in total. The maximum absolute atomic E-state index is 13.0. The Balaban J connectivity index is 1.60. The Hall–Kier alpha value is -2.22. The monoisotopic (exact) mass is 430 g/mol. The number of benzene rings is 2. The van der Waals surface area contributed by atoms with Crippen LogP contribution < -0.4 is 4.90 Å². The zero-order chi connectivity index (χ0) is 21.9. The highest BCUT2D eigenvalue weighted by atomic mass is 32.2. The summed E-state index contributed by atoms with van der Waals surface area (Å²) in [6.07, 6.45) is 0. The van der Waals surface area contributed by atoms with Gasteiger partial charge in [0.1, 0.15) is 0 Å². The highest BCUT2D eigenvalue weighted by Crippen LogP contribution is 2.19. The maximum Gasteiger partial charge on any atom is 0.280 e. The van der Waals surface area contributed by atoms with Crippen molar-refractivity contribution < 1.29 is 18.1 Å². The normalized spacial score (nSPS) is 16.9. The average Bonchev–Trinajstić information content (AvgIpc) is 2.75. The van der Waals surface area contributed by atoms with E-state index in [1.807, 2.05) is 64.2 Å². The number of nitrogens with zero attached hydrogens (tertiary/aromatic N) is 2. The molecular weight excluding hydrogens is 398 g/mol. The zero-order valence-electron chi connectivity index (χ0n) is 18.3. The third-order valence-corrected chi connectivity index (χ3v) is 8.00. The van der Waals surface area contributed by atoms with Crippen LogP contribution in [0.25, 0.3) is 0 Å². The lowest BCUT2D eigenvalue weighted by atomic mass is 10.1. The lowest BCUT2D eigenvalue weighted by molar-refractivity contribution is -0.918. The van der Waals surface area contributed by atoms with E-state index < -0.39 is 10.0 Å². The van der Waals surface area contributed by atoms with Crippen LogP contribution in [-0.4, -0.2) is 62.8 Å². The van der Waals surface area contributed by atoms with Gasteiger partial charge in [-0.2, -0.15) is 4.31 Å². The number of piperazine rings is 1. The van der Waals surface area contributed by atoms with Gasteiger partial charge in [-0.25, -0.2) is 8.42 Å². The quantitative estimate of drug-likeness (QED) is 0.750. The number of amides is 1. The number of hydrogen-bond donors (Lipinski definition) is 1. The molecule has 0 unspecified atom stereocenters. The van der Waals surface area contributed by atoms with Crippen molar-refractivity contribution in [3.05, 3.63) is 65.2 Å². The summed E-state index contributed by atoms with van der Waals surface area (Å²) in [4.78, 5) is 16.1. The predicted octanol–water partition coefficient (Wildman–Crippen LogP) is 1.24. The molecule has 1 amide bonds. The average molecular weight is 431 g/mol. The molecule has 1 saturated heterocycles. The van der Waals surface area contributed by atoms with Gasteiger partial charge in [0.15, 0.2) is 6.04 Å². The number of sulfonamides is 1. The van der Waals surface area contributed by atoms with Gasteiger partial charge >= 0.3 is 0 Å². The highest BCUT2D eigenvalue weighted by Gasteiger charge is 2.35. The lowest BCUT2D eigenvalue weighted by Gasteiger charge is -2.35. The molecule has 1 N–H and O–H groups in total. The summed E-state index contributed by atoms with van der Waals surface area (Å²) in [6, 6.07) is 15.0. The fourth-order valence-electron chi connectivity index (χ4n) is 3.91. The van der Waals surface area contributed by atoms with Gasteiger partial charge in [0.05, 0.1) is 31.1 Å². The molecule has 0 aliphatic carbocycles. The molecule has 0 bridgehead atoms. The molecule has 1 heterocycles. The third kappa shape index (κ3) is 4.91. The van der Waals surface area contributed by atoms with E-state index in [-0.39, 0.29) is 11.9 Å². The van der Waals surface area contributed by atoms with Crippen molar-refractivity contribution in [3.8, 4) is 0 Å². The number of hydrogen-bond acceptors (Lipinski definition) is 3. The van der Waals surface area contributed by atoms with E-state index in [1.165, 1.54) is 0 Å². The summed E-state index contributed by atoms with van der Waals surface area (Å²) in [5, 5.41) is 0.